The first-order valence-corrected chi connectivity index (χ1v) is 8.75. The number of hydrogen-bond donors (Lipinski definition) is 1. The fourth-order valence-electron chi connectivity index (χ4n) is 2.79. The lowest BCUT2D eigenvalue weighted by Gasteiger charge is -1.99. The number of aryl methyl sites for hydroxylation is 1. The average Bonchev–Trinajstić information content (AvgIpc) is 3.29. The summed E-state index contributed by atoms with van der Waals surface area (Å²) in [6.45, 7) is 2.09. The second-order valence-corrected chi connectivity index (χ2v) is 6.80. The number of H-pyrrole nitrogens is 1. The van der Waals surface area contributed by atoms with Gasteiger partial charge < -0.3 is 4.57 Å². The first-order chi connectivity index (χ1) is 11.7. The summed E-state index contributed by atoms with van der Waals surface area (Å²) in [7, 11) is 2.07. The molecule has 1 N–H and O–H groups in total. The van der Waals surface area contributed by atoms with Gasteiger partial charge >= 0.3 is 0 Å². The van der Waals surface area contributed by atoms with Crippen molar-refractivity contribution in [2.24, 2.45) is 12.1 Å². The van der Waals surface area contributed by atoms with Gasteiger partial charge in [0.15, 0.2) is 5.82 Å². The lowest BCUT2D eigenvalue weighted by molar-refractivity contribution is 0.871. The molecule has 0 aliphatic heterocycles. The first-order valence-electron chi connectivity index (χ1n) is 7.46. The largest absolute Gasteiger partial charge is 0.347 e. The Kier molecular flexibility index (Phi) is 3.66. The molecular formula is C17H15N5S2. The third-order valence-electron chi connectivity index (χ3n) is 4.14. The maximum absolute atomic E-state index is 5.33. The zero-order valence-electron chi connectivity index (χ0n) is 13.2. The van der Waals surface area contributed by atoms with Gasteiger partial charge in [-0.05, 0) is 36.7 Å². The predicted molar refractivity (Wildman–Crippen MR) is 101 cm³/mol. The van der Waals surface area contributed by atoms with E-state index in [2.05, 4.69) is 46.0 Å². The highest BCUT2D eigenvalue weighted by Gasteiger charge is 2.11. The van der Waals surface area contributed by atoms with Crippen LogP contribution in [0.25, 0.3) is 21.6 Å². The summed E-state index contributed by atoms with van der Waals surface area (Å²) in [5.74, 6) is 0.726. The van der Waals surface area contributed by atoms with Gasteiger partial charge in [-0.25, -0.2) is 5.10 Å². The van der Waals surface area contributed by atoms with Crippen LogP contribution in [0.15, 0.2) is 46.9 Å². The predicted octanol–water partition coefficient (Wildman–Crippen LogP) is 4.35. The van der Waals surface area contributed by atoms with E-state index >= 15 is 0 Å². The summed E-state index contributed by atoms with van der Waals surface area (Å²) < 4.78 is 4.32. The van der Waals surface area contributed by atoms with Gasteiger partial charge in [-0.1, -0.05) is 24.3 Å². The van der Waals surface area contributed by atoms with E-state index in [1.54, 1.807) is 16.0 Å². The molecule has 0 aliphatic carbocycles. The Morgan fingerprint density at radius 1 is 1.25 bits per heavy atom. The summed E-state index contributed by atoms with van der Waals surface area (Å²) in [6, 6.07) is 12.3. The molecule has 0 saturated heterocycles. The number of hydrogen-bond acceptors (Lipinski definition) is 4. The third kappa shape index (κ3) is 2.33. The number of aromatic nitrogens is 4. The maximum atomic E-state index is 5.33. The van der Waals surface area contributed by atoms with E-state index in [4.69, 9.17) is 12.2 Å². The van der Waals surface area contributed by atoms with E-state index in [9.17, 15) is 0 Å². The zero-order valence-corrected chi connectivity index (χ0v) is 14.9. The Morgan fingerprint density at radius 2 is 2.08 bits per heavy atom. The fourth-order valence-corrected chi connectivity index (χ4v) is 3.67. The fraction of sp³-hybridized carbons (Fsp3) is 0.118. The standard InChI is InChI=1S/C17H15N5S2/c1-11-13(12-6-3-4-7-14(12)21(11)2)10-18-22-16(19-20-17(22)23)15-8-5-9-24-15/h3-10H,1-2H3,(H,20,23)/b18-10-. The molecule has 0 spiro atoms. The lowest BCUT2D eigenvalue weighted by atomic mass is 10.1. The molecule has 0 unspecified atom stereocenters. The van der Waals surface area contributed by atoms with Crippen LogP contribution < -0.4 is 0 Å². The van der Waals surface area contributed by atoms with Crippen LogP contribution in [0.3, 0.4) is 0 Å². The number of fused-ring (bicyclic) bond motifs is 1. The Hall–Kier alpha value is -2.51. The second-order valence-electron chi connectivity index (χ2n) is 5.46. The van der Waals surface area contributed by atoms with Crippen molar-refractivity contribution in [3.63, 3.8) is 0 Å². The molecule has 4 rings (SSSR count). The first kappa shape index (κ1) is 15.0. The number of benzene rings is 1. The Labute approximate surface area is 147 Å². The van der Waals surface area contributed by atoms with Crippen LogP contribution >= 0.6 is 23.6 Å². The van der Waals surface area contributed by atoms with Crippen molar-refractivity contribution in [1.82, 2.24) is 19.4 Å². The third-order valence-corrected chi connectivity index (χ3v) is 5.27. The van der Waals surface area contributed by atoms with Gasteiger partial charge in [-0.3, -0.25) is 0 Å². The zero-order chi connectivity index (χ0) is 16.7. The highest BCUT2D eigenvalue weighted by molar-refractivity contribution is 7.71. The molecule has 0 amide bonds. The van der Waals surface area contributed by atoms with Gasteiger partial charge in [-0.2, -0.15) is 14.9 Å². The summed E-state index contributed by atoms with van der Waals surface area (Å²) in [5, 5.41) is 14.9. The molecule has 120 valence electrons. The molecule has 3 heterocycles. The lowest BCUT2D eigenvalue weighted by Crippen LogP contribution is -1.96. The Bertz CT molecular complexity index is 1100. The van der Waals surface area contributed by atoms with Crippen LogP contribution in [0.2, 0.25) is 0 Å². The molecule has 0 atom stereocenters. The van der Waals surface area contributed by atoms with Gasteiger partial charge in [0.2, 0.25) is 4.77 Å². The van der Waals surface area contributed by atoms with Crippen molar-refractivity contribution in [2.45, 2.75) is 6.92 Å². The van der Waals surface area contributed by atoms with Gasteiger partial charge in [0, 0.05) is 29.2 Å². The number of aromatic amines is 1. The minimum absolute atomic E-state index is 0.479. The molecule has 7 heteroatoms. The van der Waals surface area contributed by atoms with E-state index in [0.29, 0.717) is 4.77 Å². The molecule has 0 saturated carbocycles. The monoisotopic (exact) mass is 353 g/mol. The van der Waals surface area contributed by atoms with E-state index in [1.807, 2.05) is 35.9 Å². The van der Waals surface area contributed by atoms with Crippen LogP contribution in [0, 0.1) is 11.7 Å². The molecule has 0 aliphatic rings. The van der Waals surface area contributed by atoms with E-state index in [1.165, 1.54) is 10.9 Å². The molecule has 0 bridgehead atoms. The quantitative estimate of drug-likeness (QED) is 0.440. The molecule has 0 radical (unpaired) electrons. The molecular weight excluding hydrogens is 338 g/mol. The van der Waals surface area contributed by atoms with Crippen LogP contribution in [0.1, 0.15) is 11.3 Å². The summed E-state index contributed by atoms with van der Waals surface area (Å²) >= 11 is 6.93. The van der Waals surface area contributed by atoms with E-state index in [-0.39, 0.29) is 0 Å². The van der Waals surface area contributed by atoms with Crippen molar-refractivity contribution >= 4 is 40.7 Å². The SMILES string of the molecule is Cc1c(/C=N\n2c(-c3cccs3)n[nH]c2=S)c2ccccc2n1C. The highest BCUT2D eigenvalue weighted by Crippen LogP contribution is 2.25. The van der Waals surface area contributed by atoms with Crippen molar-refractivity contribution in [3.05, 3.63) is 57.8 Å². The maximum Gasteiger partial charge on any atom is 0.216 e. The minimum Gasteiger partial charge on any atom is -0.347 e. The number of thiophene rings is 1. The number of rotatable bonds is 3. The molecule has 5 nitrogen and oxygen atoms in total. The van der Waals surface area contributed by atoms with Gasteiger partial charge in [-0.15, -0.1) is 11.3 Å². The van der Waals surface area contributed by atoms with Gasteiger partial charge in [0.1, 0.15) is 0 Å². The van der Waals surface area contributed by atoms with Crippen LogP contribution in [-0.2, 0) is 7.05 Å². The number of nitrogens with zero attached hydrogens (tertiary/aromatic N) is 4. The molecule has 0 fully saturated rings. The molecule has 3 aromatic heterocycles. The highest BCUT2D eigenvalue weighted by atomic mass is 32.1. The Balaban J connectivity index is 1.85. The van der Waals surface area contributed by atoms with Crippen molar-refractivity contribution in [3.8, 4) is 10.7 Å². The number of para-hydroxylation sites is 1. The van der Waals surface area contributed by atoms with Gasteiger partial charge in [0.25, 0.3) is 0 Å². The van der Waals surface area contributed by atoms with Crippen molar-refractivity contribution < 1.29 is 0 Å². The molecule has 1 aromatic carbocycles. The van der Waals surface area contributed by atoms with Crippen LogP contribution in [0.4, 0.5) is 0 Å². The topological polar surface area (TPSA) is 50.9 Å². The molecule has 24 heavy (non-hydrogen) atoms. The van der Waals surface area contributed by atoms with Crippen molar-refractivity contribution in [2.75, 3.05) is 0 Å². The Morgan fingerprint density at radius 3 is 2.88 bits per heavy atom. The van der Waals surface area contributed by atoms with E-state index in [0.717, 1.165) is 22.0 Å². The summed E-state index contributed by atoms with van der Waals surface area (Å²) in [4.78, 5) is 1.02. The van der Waals surface area contributed by atoms with Crippen LogP contribution in [0.5, 0.6) is 0 Å². The normalized spacial score (nSPS) is 11.8. The van der Waals surface area contributed by atoms with Gasteiger partial charge in [0.05, 0.1) is 11.1 Å². The second kappa shape index (κ2) is 5.85. The average molecular weight is 353 g/mol. The number of nitrogens with one attached hydrogen (secondary N) is 1. The minimum atomic E-state index is 0.479. The van der Waals surface area contributed by atoms with Crippen molar-refractivity contribution in [1.29, 1.82) is 0 Å². The van der Waals surface area contributed by atoms with E-state index < -0.39 is 0 Å². The smallest absolute Gasteiger partial charge is 0.216 e. The summed E-state index contributed by atoms with van der Waals surface area (Å²) in [5.41, 5.74) is 3.44. The molecule has 4 aromatic rings. The van der Waals surface area contributed by atoms with Crippen LogP contribution in [-0.4, -0.2) is 25.7 Å². The summed E-state index contributed by atoms with van der Waals surface area (Å²) in [6.07, 6.45) is 1.86.